The second kappa shape index (κ2) is 7.47. The summed E-state index contributed by atoms with van der Waals surface area (Å²) in [4.78, 5) is 24.2. The van der Waals surface area contributed by atoms with Gasteiger partial charge >= 0.3 is 5.97 Å². The van der Waals surface area contributed by atoms with Crippen LogP contribution in [0, 0.1) is 12.3 Å². The predicted molar refractivity (Wildman–Crippen MR) is 95.8 cm³/mol. The Morgan fingerprint density at radius 3 is 2.69 bits per heavy atom. The fourth-order valence-electron chi connectivity index (χ4n) is 3.02. The first kappa shape index (κ1) is 18.4. The Hall–Kier alpha value is -2.38. The number of amides is 1. The summed E-state index contributed by atoms with van der Waals surface area (Å²) in [6.07, 6.45) is 0.741. The van der Waals surface area contributed by atoms with Gasteiger partial charge in [0.05, 0.1) is 16.1 Å². The number of carbonyl (C=O) groups is 2. The van der Waals surface area contributed by atoms with E-state index < -0.39 is 17.3 Å². The molecule has 0 aliphatic carbocycles. The third kappa shape index (κ3) is 3.59. The van der Waals surface area contributed by atoms with Gasteiger partial charge in [0.2, 0.25) is 0 Å². The molecule has 1 fully saturated rings. The molecule has 1 saturated heterocycles. The number of rotatable bonds is 5. The standard InChI is InChI=1S/C18H20ClN3O4/c1-12-10-14(21-22(12)15-5-3-2-4-13(15)19)16(23)20-11-18(17(24)25)6-8-26-9-7-18/h2-5,10H,6-9,11H2,1H3,(H,20,23)(H,24,25). The molecule has 1 aliphatic heterocycles. The number of aryl methyl sites for hydroxylation is 1. The number of halogens is 1. The number of ether oxygens (including phenoxy) is 1. The molecule has 0 bridgehead atoms. The van der Waals surface area contributed by atoms with Crippen LogP contribution in [-0.4, -0.2) is 46.5 Å². The number of hydrogen-bond donors (Lipinski definition) is 2. The molecule has 2 N–H and O–H groups in total. The highest BCUT2D eigenvalue weighted by Crippen LogP contribution is 2.30. The zero-order valence-corrected chi connectivity index (χ0v) is 15.1. The van der Waals surface area contributed by atoms with E-state index in [1.807, 2.05) is 25.1 Å². The van der Waals surface area contributed by atoms with Crippen molar-refractivity contribution in [3.63, 3.8) is 0 Å². The highest BCUT2D eigenvalue weighted by Gasteiger charge is 2.40. The van der Waals surface area contributed by atoms with Gasteiger partial charge in [0.1, 0.15) is 0 Å². The van der Waals surface area contributed by atoms with Crippen LogP contribution in [0.15, 0.2) is 30.3 Å². The summed E-state index contributed by atoms with van der Waals surface area (Å²) in [6, 6.07) is 8.86. The summed E-state index contributed by atoms with van der Waals surface area (Å²) in [6.45, 7) is 2.62. The van der Waals surface area contributed by atoms with Crippen LogP contribution < -0.4 is 5.32 Å². The van der Waals surface area contributed by atoms with E-state index in [-0.39, 0.29) is 12.2 Å². The van der Waals surface area contributed by atoms with Crippen LogP contribution in [-0.2, 0) is 9.53 Å². The molecule has 138 valence electrons. The van der Waals surface area contributed by atoms with E-state index in [4.69, 9.17) is 16.3 Å². The fourth-order valence-corrected chi connectivity index (χ4v) is 3.24. The number of aliphatic carboxylic acids is 1. The van der Waals surface area contributed by atoms with Crippen LogP contribution in [0.3, 0.4) is 0 Å². The van der Waals surface area contributed by atoms with E-state index in [0.717, 1.165) is 5.69 Å². The van der Waals surface area contributed by atoms with Crippen molar-refractivity contribution in [2.24, 2.45) is 5.41 Å². The van der Waals surface area contributed by atoms with Gasteiger partial charge in [-0.2, -0.15) is 5.10 Å². The maximum atomic E-state index is 12.5. The smallest absolute Gasteiger partial charge is 0.311 e. The number of nitrogens with one attached hydrogen (secondary N) is 1. The molecule has 26 heavy (non-hydrogen) atoms. The van der Waals surface area contributed by atoms with Crippen LogP contribution in [0.4, 0.5) is 0 Å². The van der Waals surface area contributed by atoms with Crippen LogP contribution in [0.1, 0.15) is 29.0 Å². The zero-order valence-electron chi connectivity index (χ0n) is 14.4. The monoisotopic (exact) mass is 377 g/mol. The minimum absolute atomic E-state index is 0.0442. The lowest BCUT2D eigenvalue weighted by Gasteiger charge is -2.32. The van der Waals surface area contributed by atoms with Gasteiger partial charge in [-0.05, 0) is 38.0 Å². The summed E-state index contributed by atoms with van der Waals surface area (Å²) in [5, 5.41) is 17.1. The van der Waals surface area contributed by atoms with E-state index in [1.165, 1.54) is 0 Å². The van der Waals surface area contributed by atoms with Gasteiger partial charge in [0.15, 0.2) is 5.69 Å². The number of para-hydroxylation sites is 1. The van der Waals surface area contributed by atoms with E-state index in [0.29, 0.717) is 36.8 Å². The Kier molecular flexibility index (Phi) is 5.29. The fraction of sp³-hybridized carbons (Fsp3) is 0.389. The lowest BCUT2D eigenvalue weighted by molar-refractivity contribution is -0.154. The van der Waals surface area contributed by atoms with Crippen molar-refractivity contribution < 1.29 is 19.4 Å². The molecule has 0 saturated carbocycles. The molecule has 1 aliphatic rings. The molecule has 1 aromatic carbocycles. The highest BCUT2D eigenvalue weighted by molar-refractivity contribution is 6.32. The van der Waals surface area contributed by atoms with Gasteiger partial charge in [-0.15, -0.1) is 0 Å². The van der Waals surface area contributed by atoms with E-state index in [2.05, 4.69) is 10.4 Å². The van der Waals surface area contributed by atoms with Crippen molar-refractivity contribution in [3.8, 4) is 5.69 Å². The van der Waals surface area contributed by atoms with E-state index in [9.17, 15) is 14.7 Å². The number of carboxylic acids is 1. The van der Waals surface area contributed by atoms with Gasteiger partial charge in [0, 0.05) is 25.5 Å². The van der Waals surface area contributed by atoms with Crippen molar-refractivity contribution in [1.82, 2.24) is 15.1 Å². The zero-order chi connectivity index (χ0) is 18.7. The Bertz CT molecular complexity index is 828. The van der Waals surface area contributed by atoms with Crippen molar-refractivity contribution in [2.75, 3.05) is 19.8 Å². The Balaban J connectivity index is 1.76. The maximum Gasteiger partial charge on any atom is 0.311 e. The number of carbonyl (C=O) groups excluding carboxylic acids is 1. The van der Waals surface area contributed by atoms with Crippen LogP contribution >= 0.6 is 11.6 Å². The quantitative estimate of drug-likeness (QED) is 0.834. The number of aromatic nitrogens is 2. The third-order valence-corrected chi connectivity index (χ3v) is 5.01. The lowest BCUT2D eigenvalue weighted by Crippen LogP contribution is -2.46. The van der Waals surface area contributed by atoms with Gasteiger partial charge in [-0.1, -0.05) is 23.7 Å². The minimum atomic E-state index is -0.992. The van der Waals surface area contributed by atoms with Crippen LogP contribution in [0.2, 0.25) is 5.02 Å². The Labute approximate surface area is 155 Å². The molecule has 8 heteroatoms. The molecule has 7 nitrogen and oxygen atoms in total. The highest BCUT2D eigenvalue weighted by atomic mass is 35.5. The molecule has 2 aromatic rings. The van der Waals surface area contributed by atoms with E-state index >= 15 is 0 Å². The Morgan fingerprint density at radius 1 is 1.35 bits per heavy atom. The average molecular weight is 378 g/mol. The summed E-state index contributed by atoms with van der Waals surface area (Å²) < 4.78 is 6.84. The molecular formula is C18H20ClN3O4. The second-order valence-corrected chi connectivity index (χ2v) is 6.82. The summed E-state index contributed by atoms with van der Waals surface area (Å²) in [5.74, 6) is -1.33. The van der Waals surface area contributed by atoms with Gasteiger partial charge in [-0.3, -0.25) is 9.59 Å². The summed E-state index contributed by atoms with van der Waals surface area (Å²) in [7, 11) is 0. The number of hydrogen-bond acceptors (Lipinski definition) is 4. The second-order valence-electron chi connectivity index (χ2n) is 6.41. The SMILES string of the molecule is Cc1cc(C(=O)NCC2(C(=O)O)CCOCC2)nn1-c1ccccc1Cl. The van der Waals surface area contributed by atoms with Crippen LogP contribution in [0.25, 0.3) is 5.69 Å². The molecule has 0 unspecified atom stereocenters. The van der Waals surface area contributed by atoms with Crippen molar-refractivity contribution in [2.45, 2.75) is 19.8 Å². The lowest BCUT2D eigenvalue weighted by atomic mass is 9.80. The van der Waals surface area contributed by atoms with Crippen molar-refractivity contribution in [1.29, 1.82) is 0 Å². The summed E-state index contributed by atoms with van der Waals surface area (Å²) >= 11 is 6.20. The summed E-state index contributed by atoms with van der Waals surface area (Å²) in [5.41, 5.74) is 0.656. The van der Waals surface area contributed by atoms with Gasteiger partial charge in [-0.25, -0.2) is 4.68 Å². The first-order valence-electron chi connectivity index (χ1n) is 8.34. The van der Waals surface area contributed by atoms with Crippen LogP contribution in [0.5, 0.6) is 0 Å². The molecule has 2 heterocycles. The van der Waals surface area contributed by atoms with Gasteiger partial charge < -0.3 is 15.2 Å². The molecule has 0 spiro atoms. The maximum absolute atomic E-state index is 12.5. The molecule has 1 amide bonds. The number of carboxylic acid groups (broad SMARTS) is 1. The van der Waals surface area contributed by atoms with Crippen molar-refractivity contribution >= 4 is 23.5 Å². The molecular weight excluding hydrogens is 358 g/mol. The predicted octanol–water partition coefficient (Wildman–Crippen LogP) is 2.45. The van der Waals surface area contributed by atoms with Crippen molar-refractivity contribution in [3.05, 3.63) is 46.7 Å². The third-order valence-electron chi connectivity index (χ3n) is 4.69. The first-order valence-corrected chi connectivity index (χ1v) is 8.72. The van der Waals surface area contributed by atoms with Gasteiger partial charge in [0.25, 0.3) is 5.91 Å². The topological polar surface area (TPSA) is 93.5 Å². The number of nitrogens with zero attached hydrogens (tertiary/aromatic N) is 2. The van der Waals surface area contributed by atoms with E-state index in [1.54, 1.807) is 16.8 Å². The molecule has 3 rings (SSSR count). The Morgan fingerprint density at radius 2 is 2.04 bits per heavy atom. The largest absolute Gasteiger partial charge is 0.481 e. The first-order chi connectivity index (χ1) is 12.4. The molecule has 0 atom stereocenters. The molecule has 0 radical (unpaired) electrons. The number of benzene rings is 1. The molecule has 1 aromatic heterocycles. The minimum Gasteiger partial charge on any atom is -0.481 e. The normalized spacial score (nSPS) is 16.2. The average Bonchev–Trinajstić information content (AvgIpc) is 3.02.